The number of carbonyl (C=O) groups is 1. The summed E-state index contributed by atoms with van der Waals surface area (Å²) in [6.07, 6.45) is 0. The highest BCUT2D eigenvalue weighted by Gasteiger charge is 2.12. The third kappa shape index (κ3) is 4.84. The van der Waals surface area contributed by atoms with Crippen LogP contribution in [0, 0.1) is 12.7 Å². The summed E-state index contributed by atoms with van der Waals surface area (Å²) in [7, 11) is 0. The predicted octanol–water partition coefficient (Wildman–Crippen LogP) is 4.89. The van der Waals surface area contributed by atoms with Crippen LogP contribution in [0.1, 0.15) is 12.5 Å². The summed E-state index contributed by atoms with van der Waals surface area (Å²) in [6.45, 7) is 4.00. The van der Waals surface area contributed by atoms with E-state index in [9.17, 15) is 9.18 Å². The maximum atomic E-state index is 13.9. The number of hydrogen-bond acceptors (Lipinski definition) is 5. The number of ether oxygens (including phenoxy) is 1. The molecule has 28 heavy (non-hydrogen) atoms. The Morgan fingerprint density at radius 2 is 1.82 bits per heavy atom. The van der Waals surface area contributed by atoms with Crippen molar-refractivity contribution in [3.8, 4) is 22.6 Å². The number of carbonyl (C=O) groups excluding carboxylic acids is 1. The molecular formula is C21H19ClFN3O2. The summed E-state index contributed by atoms with van der Waals surface area (Å²) < 4.78 is 18.8. The van der Waals surface area contributed by atoms with Crippen LogP contribution >= 0.6 is 11.6 Å². The van der Waals surface area contributed by atoms with Gasteiger partial charge in [0.25, 0.3) is 0 Å². The van der Waals surface area contributed by atoms with Crippen LogP contribution in [-0.2, 0) is 9.53 Å². The van der Waals surface area contributed by atoms with Gasteiger partial charge in [-0.3, -0.25) is 4.79 Å². The first-order valence-electron chi connectivity index (χ1n) is 8.77. The van der Waals surface area contributed by atoms with Crippen molar-refractivity contribution in [2.45, 2.75) is 13.8 Å². The zero-order valence-electron chi connectivity index (χ0n) is 15.5. The zero-order valence-corrected chi connectivity index (χ0v) is 16.3. The first-order valence-corrected chi connectivity index (χ1v) is 9.15. The minimum absolute atomic E-state index is 0.0269. The second kappa shape index (κ2) is 8.80. The Labute approximate surface area is 167 Å². The largest absolute Gasteiger partial charge is 0.465 e. The molecule has 0 saturated carbocycles. The number of hydrogen-bond donors (Lipinski definition) is 1. The fraction of sp³-hybridized carbons (Fsp3) is 0.190. The number of aromatic nitrogens is 2. The number of rotatable bonds is 6. The highest BCUT2D eigenvalue weighted by molar-refractivity contribution is 6.30. The van der Waals surface area contributed by atoms with Crippen LogP contribution in [0.15, 0.2) is 48.5 Å². The average molecular weight is 400 g/mol. The molecule has 144 valence electrons. The lowest BCUT2D eigenvalue weighted by Gasteiger charge is -2.11. The van der Waals surface area contributed by atoms with Gasteiger partial charge in [0.1, 0.15) is 18.2 Å². The number of nitrogens with one attached hydrogen (secondary N) is 1. The molecule has 3 aromatic rings. The Balaban J connectivity index is 2.01. The molecule has 0 radical (unpaired) electrons. The van der Waals surface area contributed by atoms with Crippen molar-refractivity contribution in [3.05, 3.63) is 64.9 Å². The predicted molar refractivity (Wildman–Crippen MR) is 108 cm³/mol. The second-order valence-electron chi connectivity index (χ2n) is 6.12. The Kier molecular flexibility index (Phi) is 6.21. The minimum atomic E-state index is -0.551. The highest BCUT2D eigenvalue weighted by atomic mass is 35.5. The number of halogens is 2. The first-order chi connectivity index (χ1) is 13.5. The number of nitrogens with zero attached hydrogens (tertiary/aromatic N) is 2. The molecule has 0 saturated heterocycles. The van der Waals surface area contributed by atoms with Crippen molar-refractivity contribution < 1.29 is 13.9 Å². The van der Waals surface area contributed by atoms with Gasteiger partial charge in [0.15, 0.2) is 5.82 Å². The lowest BCUT2D eigenvalue weighted by atomic mass is 10.1. The molecule has 3 rings (SSSR count). The Bertz CT molecular complexity index is 993. The SMILES string of the molecule is CCOC(=O)CNc1cc(-c2ccc(C)cc2)nc(-c2ccc(Cl)c(F)c2)n1. The van der Waals surface area contributed by atoms with Gasteiger partial charge in [0.05, 0.1) is 17.3 Å². The van der Waals surface area contributed by atoms with Crippen molar-refractivity contribution in [2.24, 2.45) is 0 Å². The molecular weight excluding hydrogens is 381 g/mol. The van der Waals surface area contributed by atoms with Gasteiger partial charge in [-0.1, -0.05) is 41.4 Å². The van der Waals surface area contributed by atoms with Gasteiger partial charge in [-0.15, -0.1) is 0 Å². The highest BCUT2D eigenvalue weighted by Crippen LogP contribution is 2.27. The summed E-state index contributed by atoms with van der Waals surface area (Å²) in [5.41, 5.74) is 3.13. The van der Waals surface area contributed by atoms with Gasteiger partial charge in [-0.2, -0.15) is 0 Å². The fourth-order valence-electron chi connectivity index (χ4n) is 2.55. The third-order valence-corrected chi connectivity index (χ3v) is 4.28. The van der Waals surface area contributed by atoms with E-state index in [1.54, 1.807) is 19.1 Å². The average Bonchev–Trinajstić information content (AvgIpc) is 2.69. The van der Waals surface area contributed by atoms with Gasteiger partial charge in [-0.25, -0.2) is 14.4 Å². The van der Waals surface area contributed by atoms with Gasteiger partial charge in [0.2, 0.25) is 0 Å². The summed E-state index contributed by atoms with van der Waals surface area (Å²) >= 11 is 5.78. The van der Waals surface area contributed by atoms with E-state index in [0.29, 0.717) is 29.5 Å². The van der Waals surface area contributed by atoms with Crippen molar-refractivity contribution in [3.63, 3.8) is 0 Å². The van der Waals surface area contributed by atoms with Crippen molar-refractivity contribution in [1.82, 2.24) is 9.97 Å². The van der Waals surface area contributed by atoms with Crippen LogP contribution in [0.5, 0.6) is 0 Å². The number of esters is 1. The van der Waals surface area contributed by atoms with E-state index in [4.69, 9.17) is 16.3 Å². The zero-order chi connectivity index (χ0) is 20.1. The van der Waals surface area contributed by atoms with E-state index in [2.05, 4.69) is 15.3 Å². The number of benzene rings is 2. The summed E-state index contributed by atoms with van der Waals surface area (Å²) in [6, 6.07) is 14.0. The van der Waals surface area contributed by atoms with E-state index in [1.165, 1.54) is 12.1 Å². The molecule has 1 aromatic heterocycles. The topological polar surface area (TPSA) is 64.1 Å². The molecule has 0 unspecified atom stereocenters. The third-order valence-electron chi connectivity index (χ3n) is 3.97. The molecule has 0 spiro atoms. The molecule has 0 atom stereocenters. The quantitative estimate of drug-likeness (QED) is 0.598. The maximum absolute atomic E-state index is 13.9. The molecule has 0 aliphatic carbocycles. The lowest BCUT2D eigenvalue weighted by Crippen LogP contribution is -2.17. The second-order valence-corrected chi connectivity index (χ2v) is 6.52. The standard InChI is InChI=1S/C21H19ClFN3O2/c1-3-28-20(27)12-24-19-11-18(14-6-4-13(2)5-7-14)25-21(26-19)15-8-9-16(22)17(23)10-15/h4-11H,3,12H2,1-2H3,(H,24,25,26). The van der Waals surface area contributed by atoms with Gasteiger partial charge >= 0.3 is 5.97 Å². The summed E-state index contributed by atoms with van der Waals surface area (Å²) in [5.74, 6) is -0.189. The maximum Gasteiger partial charge on any atom is 0.325 e. The monoisotopic (exact) mass is 399 g/mol. The van der Waals surface area contributed by atoms with Crippen LogP contribution in [0.25, 0.3) is 22.6 Å². The molecule has 0 fully saturated rings. The molecule has 0 aliphatic rings. The van der Waals surface area contributed by atoms with Crippen LogP contribution in [0.2, 0.25) is 5.02 Å². The van der Waals surface area contributed by atoms with Crippen molar-refractivity contribution in [1.29, 1.82) is 0 Å². The van der Waals surface area contributed by atoms with Crippen LogP contribution in [0.4, 0.5) is 10.2 Å². The van der Waals surface area contributed by atoms with Crippen LogP contribution in [0.3, 0.4) is 0 Å². The lowest BCUT2D eigenvalue weighted by molar-refractivity contribution is -0.140. The first kappa shape index (κ1) is 19.8. The minimum Gasteiger partial charge on any atom is -0.465 e. The Morgan fingerprint density at radius 1 is 1.11 bits per heavy atom. The van der Waals surface area contributed by atoms with Crippen LogP contribution in [-0.4, -0.2) is 29.1 Å². The summed E-state index contributed by atoms with van der Waals surface area (Å²) in [4.78, 5) is 20.6. The smallest absolute Gasteiger partial charge is 0.325 e. The molecule has 0 amide bonds. The van der Waals surface area contributed by atoms with E-state index >= 15 is 0 Å². The van der Waals surface area contributed by atoms with E-state index in [-0.39, 0.29) is 11.6 Å². The van der Waals surface area contributed by atoms with Crippen molar-refractivity contribution >= 4 is 23.4 Å². The molecule has 5 nitrogen and oxygen atoms in total. The van der Waals surface area contributed by atoms with Crippen molar-refractivity contribution in [2.75, 3.05) is 18.5 Å². The summed E-state index contributed by atoms with van der Waals surface area (Å²) in [5, 5.41) is 2.97. The molecule has 1 N–H and O–H groups in total. The number of anilines is 1. The Morgan fingerprint density at radius 3 is 2.50 bits per heavy atom. The molecule has 7 heteroatoms. The Hall–Kier alpha value is -2.99. The van der Waals surface area contributed by atoms with E-state index in [1.807, 2.05) is 31.2 Å². The van der Waals surface area contributed by atoms with Gasteiger partial charge in [0, 0.05) is 17.2 Å². The number of aryl methyl sites for hydroxylation is 1. The molecule has 1 heterocycles. The van der Waals surface area contributed by atoms with Crippen LogP contribution < -0.4 is 5.32 Å². The van der Waals surface area contributed by atoms with E-state index < -0.39 is 11.8 Å². The molecule has 0 aliphatic heterocycles. The molecule has 2 aromatic carbocycles. The molecule has 0 bridgehead atoms. The van der Waals surface area contributed by atoms with E-state index in [0.717, 1.165) is 11.1 Å². The van der Waals surface area contributed by atoms with Gasteiger partial charge in [-0.05, 0) is 32.0 Å². The van der Waals surface area contributed by atoms with Gasteiger partial charge < -0.3 is 10.1 Å². The fourth-order valence-corrected chi connectivity index (χ4v) is 2.67. The normalized spacial score (nSPS) is 10.6.